The molecule has 0 fully saturated rings. The van der Waals surface area contributed by atoms with E-state index in [1.807, 2.05) is 32.0 Å². The number of benzene rings is 1. The standard InChI is InChI=1S/C19H23NO3/c1-4-16-18(19(22)23-5-2)17(21)13-14(3)20(16)12-11-15-9-7-6-8-10-15/h6-10,13H,4-5,11-12H2,1-3H3. The number of carbonyl (C=O) groups excluding carboxylic acids is 1. The number of hydrogen-bond acceptors (Lipinski definition) is 3. The molecule has 23 heavy (non-hydrogen) atoms. The first-order chi connectivity index (χ1) is 11.1. The van der Waals surface area contributed by atoms with Crippen molar-refractivity contribution in [1.82, 2.24) is 4.57 Å². The third-order valence-corrected chi connectivity index (χ3v) is 3.91. The maximum Gasteiger partial charge on any atom is 0.343 e. The number of carbonyl (C=O) groups is 1. The Morgan fingerprint density at radius 1 is 1.17 bits per heavy atom. The molecule has 0 saturated heterocycles. The van der Waals surface area contributed by atoms with Crippen molar-refractivity contribution in [2.45, 2.75) is 40.2 Å². The third-order valence-electron chi connectivity index (χ3n) is 3.91. The molecule has 2 rings (SSSR count). The molecule has 0 unspecified atom stereocenters. The summed E-state index contributed by atoms with van der Waals surface area (Å²) < 4.78 is 7.11. The van der Waals surface area contributed by atoms with Gasteiger partial charge in [-0.25, -0.2) is 4.79 Å². The second-order valence-electron chi connectivity index (χ2n) is 5.43. The summed E-state index contributed by atoms with van der Waals surface area (Å²) in [5, 5.41) is 0. The zero-order valence-corrected chi connectivity index (χ0v) is 14.0. The molecule has 1 heterocycles. The lowest BCUT2D eigenvalue weighted by molar-refractivity contribution is 0.0522. The molecule has 0 amide bonds. The Kier molecular flexibility index (Phi) is 5.74. The molecule has 0 aliphatic rings. The minimum Gasteiger partial charge on any atom is -0.462 e. The molecule has 0 N–H and O–H groups in total. The third kappa shape index (κ3) is 3.89. The molecular formula is C19H23NO3. The average Bonchev–Trinajstić information content (AvgIpc) is 2.54. The maximum atomic E-state index is 12.2. The van der Waals surface area contributed by atoms with E-state index in [0.717, 1.165) is 24.4 Å². The van der Waals surface area contributed by atoms with Crippen molar-refractivity contribution in [3.63, 3.8) is 0 Å². The van der Waals surface area contributed by atoms with Crippen molar-refractivity contribution < 1.29 is 9.53 Å². The second-order valence-corrected chi connectivity index (χ2v) is 5.43. The fourth-order valence-electron chi connectivity index (χ4n) is 2.82. The number of aromatic nitrogens is 1. The van der Waals surface area contributed by atoms with Crippen molar-refractivity contribution in [3.05, 3.63) is 69.1 Å². The number of pyridine rings is 1. The van der Waals surface area contributed by atoms with E-state index in [-0.39, 0.29) is 17.6 Å². The zero-order chi connectivity index (χ0) is 16.8. The van der Waals surface area contributed by atoms with Gasteiger partial charge in [0, 0.05) is 24.0 Å². The summed E-state index contributed by atoms with van der Waals surface area (Å²) in [5.74, 6) is -0.525. The van der Waals surface area contributed by atoms with Crippen molar-refractivity contribution >= 4 is 5.97 Å². The molecule has 0 bridgehead atoms. The van der Waals surface area contributed by atoms with Gasteiger partial charge in [0.2, 0.25) is 0 Å². The fourth-order valence-corrected chi connectivity index (χ4v) is 2.82. The molecule has 0 aliphatic carbocycles. The number of nitrogens with zero attached hydrogens (tertiary/aromatic N) is 1. The summed E-state index contributed by atoms with van der Waals surface area (Å²) in [7, 11) is 0. The molecule has 0 spiro atoms. The highest BCUT2D eigenvalue weighted by Gasteiger charge is 2.20. The molecule has 0 saturated carbocycles. The van der Waals surface area contributed by atoms with Gasteiger partial charge in [0.1, 0.15) is 5.56 Å². The number of ether oxygens (including phenoxy) is 1. The fraction of sp³-hybridized carbons (Fsp3) is 0.368. The van der Waals surface area contributed by atoms with Crippen LogP contribution in [0.4, 0.5) is 0 Å². The lowest BCUT2D eigenvalue weighted by atomic mass is 10.1. The Morgan fingerprint density at radius 2 is 1.87 bits per heavy atom. The van der Waals surface area contributed by atoms with Crippen LogP contribution in [-0.2, 0) is 24.1 Å². The minimum absolute atomic E-state index is 0.174. The van der Waals surface area contributed by atoms with Crippen LogP contribution in [-0.4, -0.2) is 17.1 Å². The summed E-state index contributed by atoms with van der Waals surface area (Å²) in [6.07, 6.45) is 1.46. The van der Waals surface area contributed by atoms with E-state index in [1.54, 1.807) is 6.92 Å². The molecular weight excluding hydrogens is 290 g/mol. The van der Waals surface area contributed by atoms with Crippen molar-refractivity contribution in [1.29, 1.82) is 0 Å². The number of aryl methyl sites for hydroxylation is 2. The largest absolute Gasteiger partial charge is 0.462 e. The molecule has 1 aromatic carbocycles. The smallest absolute Gasteiger partial charge is 0.343 e. The predicted octanol–water partition coefficient (Wildman–Crippen LogP) is 3.14. The van der Waals surface area contributed by atoms with E-state index >= 15 is 0 Å². The molecule has 122 valence electrons. The first kappa shape index (κ1) is 17.0. The zero-order valence-electron chi connectivity index (χ0n) is 14.0. The SMILES string of the molecule is CCOC(=O)c1c(CC)n(CCc2ccccc2)c(C)cc1=O. The molecule has 0 radical (unpaired) electrons. The van der Waals surface area contributed by atoms with Crippen molar-refractivity contribution in [2.24, 2.45) is 0 Å². The molecule has 0 atom stereocenters. The van der Waals surface area contributed by atoms with Gasteiger partial charge in [0.05, 0.1) is 6.61 Å². The predicted molar refractivity (Wildman–Crippen MR) is 90.9 cm³/mol. The van der Waals surface area contributed by atoms with Crippen LogP contribution in [0.2, 0.25) is 0 Å². The van der Waals surface area contributed by atoms with Crippen molar-refractivity contribution in [2.75, 3.05) is 6.61 Å². The van der Waals surface area contributed by atoms with Gasteiger partial charge in [-0.2, -0.15) is 0 Å². The van der Waals surface area contributed by atoms with Crippen LogP contribution in [0, 0.1) is 6.92 Å². The Morgan fingerprint density at radius 3 is 2.48 bits per heavy atom. The van der Waals surface area contributed by atoms with Gasteiger partial charge in [-0.05, 0) is 32.3 Å². The Bertz CT molecular complexity index is 732. The van der Waals surface area contributed by atoms with Crippen LogP contribution in [0.3, 0.4) is 0 Å². The van der Waals surface area contributed by atoms with E-state index in [9.17, 15) is 9.59 Å². The van der Waals surface area contributed by atoms with E-state index in [2.05, 4.69) is 16.7 Å². The summed E-state index contributed by atoms with van der Waals surface area (Å²) in [4.78, 5) is 24.4. The van der Waals surface area contributed by atoms with Gasteiger partial charge in [-0.3, -0.25) is 4.79 Å². The first-order valence-electron chi connectivity index (χ1n) is 8.02. The van der Waals surface area contributed by atoms with Crippen LogP contribution in [0.15, 0.2) is 41.2 Å². The lowest BCUT2D eigenvalue weighted by Crippen LogP contribution is -2.26. The van der Waals surface area contributed by atoms with Gasteiger partial charge in [0.25, 0.3) is 0 Å². The Labute approximate surface area is 136 Å². The van der Waals surface area contributed by atoms with Gasteiger partial charge in [0.15, 0.2) is 5.43 Å². The molecule has 0 aliphatic heterocycles. The Hall–Kier alpha value is -2.36. The highest BCUT2D eigenvalue weighted by molar-refractivity contribution is 5.90. The molecule has 2 aromatic rings. The van der Waals surface area contributed by atoms with E-state index in [0.29, 0.717) is 6.42 Å². The topological polar surface area (TPSA) is 48.3 Å². The van der Waals surface area contributed by atoms with Crippen LogP contribution >= 0.6 is 0 Å². The van der Waals surface area contributed by atoms with Gasteiger partial charge < -0.3 is 9.30 Å². The number of hydrogen-bond donors (Lipinski definition) is 0. The summed E-state index contributed by atoms with van der Waals surface area (Å²) in [6.45, 7) is 6.59. The highest BCUT2D eigenvalue weighted by Crippen LogP contribution is 2.13. The van der Waals surface area contributed by atoms with E-state index < -0.39 is 5.97 Å². The Balaban J connectivity index is 2.40. The quantitative estimate of drug-likeness (QED) is 0.770. The number of rotatable bonds is 6. The number of esters is 1. The minimum atomic E-state index is -0.525. The monoisotopic (exact) mass is 313 g/mol. The van der Waals surface area contributed by atoms with Crippen LogP contribution < -0.4 is 5.43 Å². The van der Waals surface area contributed by atoms with Gasteiger partial charge >= 0.3 is 5.97 Å². The highest BCUT2D eigenvalue weighted by atomic mass is 16.5. The summed E-state index contributed by atoms with van der Waals surface area (Å²) >= 11 is 0. The first-order valence-corrected chi connectivity index (χ1v) is 8.02. The van der Waals surface area contributed by atoms with Gasteiger partial charge in [-0.15, -0.1) is 0 Å². The van der Waals surface area contributed by atoms with Crippen molar-refractivity contribution in [3.8, 4) is 0 Å². The average molecular weight is 313 g/mol. The van der Waals surface area contributed by atoms with Gasteiger partial charge in [-0.1, -0.05) is 37.3 Å². The van der Waals surface area contributed by atoms with Crippen LogP contribution in [0.25, 0.3) is 0 Å². The second kappa shape index (κ2) is 7.77. The maximum absolute atomic E-state index is 12.2. The lowest BCUT2D eigenvalue weighted by Gasteiger charge is -2.18. The molecule has 4 nitrogen and oxygen atoms in total. The van der Waals surface area contributed by atoms with E-state index in [1.165, 1.54) is 11.6 Å². The summed E-state index contributed by atoms with van der Waals surface area (Å²) in [5.41, 5.74) is 2.77. The summed E-state index contributed by atoms with van der Waals surface area (Å²) in [6, 6.07) is 11.7. The molecule has 1 aromatic heterocycles. The molecule has 4 heteroatoms. The van der Waals surface area contributed by atoms with E-state index in [4.69, 9.17) is 4.74 Å². The normalized spacial score (nSPS) is 10.6. The van der Waals surface area contributed by atoms with Crippen LogP contribution in [0.1, 0.15) is 41.2 Å². The van der Waals surface area contributed by atoms with Crippen LogP contribution in [0.5, 0.6) is 0 Å².